The van der Waals surface area contributed by atoms with Crippen LogP contribution >= 0.6 is 11.3 Å². The molecule has 170 valence electrons. The summed E-state index contributed by atoms with van der Waals surface area (Å²) in [6.07, 6.45) is 5.69. The fourth-order valence-electron chi connectivity index (χ4n) is 4.29. The molecule has 5 rings (SSSR count). The van der Waals surface area contributed by atoms with Crippen molar-refractivity contribution in [3.63, 3.8) is 0 Å². The standard InChI is InChI=1S/C21H26N6O3S2/c1-24-10-12-25(13-11-24)18-6-5-16-19(28)17(32(29,30)26-8-3-2-4-9-26)15-27(20(16)23-18)21-22-7-14-31-21/h5-7,14-15H,2-4,8-13H2,1H3. The maximum atomic E-state index is 13.4. The van der Waals surface area contributed by atoms with Gasteiger partial charge < -0.3 is 9.80 Å². The van der Waals surface area contributed by atoms with Gasteiger partial charge in [-0.2, -0.15) is 4.31 Å². The van der Waals surface area contributed by atoms with Crippen molar-refractivity contribution >= 4 is 38.2 Å². The molecule has 3 aromatic rings. The van der Waals surface area contributed by atoms with Crippen molar-refractivity contribution in [1.82, 2.24) is 23.7 Å². The van der Waals surface area contributed by atoms with Crippen molar-refractivity contribution in [2.75, 3.05) is 51.2 Å². The van der Waals surface area contributed by atoms with Gasteiger partial charge in [0.05, 0.1) is 5.39 Å². The lowest BCUT2D eigenvalue weighted by atomic mass is 10.2. The molecule has 0 aliphatic carbocycles. The average molecular weight is 475 g/mol. The van der Waals surface area contributed by atoms with Crippen LogP contribution in [-0.4, -0.2) is 78.5 Å². The van der Waals surface area contributed by atoms with E-state index < -0.39 is 15.5 Å². The number of sulfonamides is 1. The number of aromatic nitrogens is 3. The molecule has 32 heavy (non-hydrogen) atoms. The lowest BCUT2D eigenvalue weighted by Gasteiger charge is -2.33. The molecule has 0 radical (unpaired) electrons. The largest absolute Gasteiger partial charge is 0.354 e. The lowest BCUT2D eigenvalue weighted by Crippen LogP contribution is -2.44. The van der Waals surface area contributed by atoms with Gasteiger partial charge >= 0.3 is 0 Å². The highest BCUT2D eigenvalue weighted by Gasteiger charge is 2.30. The summed E-state index contributed by atoms with van der Waals surface area (Å²) in [5.74, 6) is 0.780. The Labute approximate surface area is 191 Å². The maximum Gasteiger partial charge on any atom is 0.248 e. The van der Waals surface area contributed by atoms with Crippen LogP contribution in [0, 0.1) is 0 Å². The zero-order valence-electron chi connectivity index (χ0n) is 18.0. The number of nitrogens with zero attached hydrogens (tertiary/aromatic N) is 6. The van der Waals surface area contributed by atoms with Gasteiger partial charge in [-0.3, -0.25) is 9.36 Å². The van der Waals surface area contributed by atoms with E-state index in [9.17, 15) is 13.2 Å². The highest BCUT2D eigenvalue weighted by atomic mass is 32.2. The Bertz CT molecular complexity index is 1270. The summed E-state index contributed by atoms with van der Waals surface area (Å²) >= 11 is 1.37. The molecule has 3 aromatic heterocycles. The number of pyridine rings is 2. The molecular weight excluding hydrogens is 448 g/mol. The van der Waals surface area contributed by atoms with Crippen LogP contribution in [0.5, 0.6) is 0 Å². The zero-order valence-corrected chi connectivity index (χ0v) is 19.6. The molecule has 0 N–H and O–H groups in total. The minimum Gasteiger partial charge on any atom is -0.354 e. The molecule has 5 heterocycles. The summed E-state index contributed by atoms with van der Waals surface area (Å²) < 4.78 is 29.8. The number of piperidine rings is 1. The van der Waals surface area contributed by atoms with Gasteiger partial charge in [0.15, 0.2) is 10.8 Å². The first-order chi connectivity index (χ1) is 15.4. The third kappa shape index (κ3) is 3.83. The summed E-state index contributed by atoms with van der Waals surface area (Å²) in [5, 5.41) is 2.69. The Morgan fingerprint density at radius 3 is 2.44 bits per heavy atom. The molecule has 2 aliphatic rings. The molecule has 2 saturated heterocycles. The molecule has 0 saturated carbocycles. The predicted molar refractivity (Wildman–Crippen MR) is 125 cm³/mol. The Morgan fingerprint density at radius 2 is 1.75 bits per heavy atom. The number of hydrogen-bond acceptors (Lipinski definition) is 8. The normalized spacial score (nSPS) is 19.0. The second kappa shape index (κ2) is 8.54. The Balaban J connectivity index is 1.67. The topological polar surface area (TPSA) is 91.6 Å². The van der Waals surface area contributed by atoms with Crippen LogP contribution in [0.25, 0.3) is 16.2 Å². The van der Waals surface area contributed by atoms with E-state index in [2.05, 4.69) is 21.8 Å². The van der Waals surface area contributed by atoms with Crippen LogP contribution in [0.4, 0.5) is 5.82 Å². The molecule has 0 unspecified atom stereocenters. The number of anilines is 1. The quantitative estimate of drug-likeness (QED) is 0.569. The van der Waals surface area contributed by atoms with E-state index in [1.807, 2.05) is 11.4 Å². The van der Waals surface area contributed by atoms with E-state index >= 15 is 0 Å². The third-order valence-electron chi connectivity index (χ3n) is 6.19. The van der Waals surface area contributed by atoms with Crippen molar-refractivity contribution in [2.45, 2.75) is 24.2 Å². The fraction of sp³-hybridized carbons (Fsp3) is 0.476. The highest BCUT2D eigenvalue weighted by Crippen LogP contribution is 2.25. The van der Waals surface area contributed by atoms with E-state index in [1.165, 1.54) is 21.8 Å². The predicted octanol–water partition coefficient (Wildman–Crippen LogP) is 1.77. The second-order valence-corrected chi connectivity index (χ2v) is 11.1. The number of rotatable bonds is 4. The molecule has 0 amide bonds. The summed E-state index contributed by atoms with van der Waals surface area (Å²) in [6, 6.07) is 3.52. The van der Waals surface area contributed by atoms with Crippen molar-refractivity contribution in [3.05, 3.63) is 40.1 Å². The summed E-state index contributed by atoms with van der Waals surface area (Å²) in [7, 11) is -1.81. The summed E-state index contributed by atoms with van der Waals surface area (Å²) in [6.45, 7) is 4.45. The molecule has 2 fully saturated rings. The Kier molecular flexibility index (Phi) is 5.74. The first kappa shape index (κ1) is 21.5. The summed E-state index contributed by atoms with van der Waals surface area (Å²) in [4.78, 5) is 26.8. The fourth-order valence-corrected chi connectivity index (χ4v) is 6.51. The van der Waals surface area contributed by atoms with E-state index in [1.54, 1.807) is 16.8 Å². The van der Waals surface area contributed by atoms with Crippen LogP contribution in [0.15, 0.2) is 39.6 Å². The van der Waals surface area contributed by atoms with E-state index in [4.69, 9.17) is 4.98 Å². The highest BCUT2D eigenvalue weighted by molar-refractivity contribution is 7.89. The van der Waals surface area contributed by atoms with Crippen LogP contribution in [0.3, 0.4) is 0 Å². The maximum absolute atomic E-state index is 13.4. The molecule has 11 heteroatoms. The number of likely N-dealkylation sites (N-methyl/N-ethyl adjacent to an activating group) is 1. The van der Waals surface area contributed by atoms with Gasteiger partial charge in [0, 0.05) is 57.0 Å². The molecule has 0 aromatic carbocycles. The van der Waals surface area contributed by atoms with Gasteiger partial charge in [-0.05, 0) is 32.0 Å². The van der Waals surface area contributed by atoms with Crippen molar-refractivity contribution < 1.29 is 8.42 Å². The monoisotopic (exact) mass is 474 g/mol. The zero-order chi connectivity index (χ0) is 22.3. The molecule has 0 atom stereocenters. The number of piperazine rings is 1. The van der Waals surface area contributed by atoms with Gasteiger partial charge in [0.25, 0.3) is 0 Å². The van der Waals surface area contributed by atoms with Crippen molar-refractivity contribution in [1.29, 1.82) is 0 Å². The number of thiazole rings is 1. The molecule has 0 spiro atoms. The lowest BCUT2D eigenvalue weighted by molar-refractivity contribution is 0.312. The average Bonchev–Trinajstić information content (AvgIpc) is 3.35. The Morgan fingerprint density at radius 1 is 1.00 bits per heavy atom. The van der Waals surface area contributed by atoms with Crippen LogP contribution in [0.1, 0.15) is 19.3 Å². The first-order valence-corrected chi connectivity index (χ1v) is 13.2. The van der Waals surface area contributed by atoms with E-state index in [-0.39, 0.29) is 10.3 Å². The van der Waals surface area contributed by atoms with Gasteiger partial charge in [-0.15, -0.1) is 11.3 Å². The van der Waals surface area contributed by atoms with Gasteiger partial charge in [-0.1, -0.05) is 6.42 Å². The molecule has 9 nitrogen and oxygen atoms in total. The smallest absolute Gasteiger partial charge is 0.248 e. The minimum absolute atomic E-state index is 0.212. The second-order valence-electron chi connectivity index (χ2n) is 8.30. The minimum atomic E-state index is -3.90. The molecule has 0 bridgehead atoms. The van der Waals surface area contributed by atoms with Crippen molar-refractivity contribution in [2.24, 2.45) is 0 Å². The SMILES string of the molecule is CN1CCN(c2ccc3c(=O)c(S(=O)(=O)N4CCCCC4)cn(-c4nccs4)c3n2)CC1. The van der Waals surface area contributed by atoms with Crippen LogP contribution < -0.4 is 10.3 Å². The van der Waals surface area contributed by atoms with Gasteiger partial charge in [-0.25, -0.2) is 18.4 Å². The van der Waals surface area contributed by atoms with E-state index in [0.29, 0.717) is 23.9 Å². The number of fused-ring (bicyclic) bond motifs is 1. The molecule has 2 aliphatic heterocycles. The van der Waals surface area contributed by atoms with Gasteiger partial charge in [0.1, 0.15) is 10.7 Å². The van der Waals surface area contributed by atoms with Crippen LogP contribution in [0.2, 0.25) is 0 Å². The van der Waals surface area contributed by atoms with Gasteiger partial charge in [0.2, 0.25) is 15.5 Å². The molecular formula is C21H26N6O3S2. The van der Waals surface area contributed by atoms with Crippen LogP contribution in [-0.2, 0) is 10.0 Å². The third-order valence-corrected chi connectivity index (χ3v) is 8.85. The van der Waals surface area contributed by atoms with Crippen molar-refractivity contribution in [3.8, 4) is 5.13 Å². The summed E-state index contributed by atoms with van der Waals surface area (Å²) in [5.41, 5.74) is -0.0743. The van der Waals surface area contributed by atoms with E-state index in [0.717, 1.165) is 51.3 Å². The first-order valence-electron chi connectivity index (χ1n) is 10.8. The Hall–Kier alpha value is -2.34. The number of hydrogen-bond donors (Lipinski definition) is 0.